The minimum atomic E-state index is -0.196. The molecule has 1 aromatic carbocycles. The number of nitrogens with one attached hydrogen (secondary N) is 1. The fraction of sp³-hybridized carbons (Fsp3) is 0.533. The molecule has 0 spiro atoms. The summed E-state index contributed by atoms with van der Waals surface area (Å²) in [6.07, 6.45) is 3.62. The highest BCUT2D eigenvalue weighted by atomic mass is 79.9. The van der Waals surface area contributed by atoms with Crippen LogP contribution in [-0.4, -0.2) is 25.7 Å². The average Bonchev–Trinajstić information content (AvgIpc) is 3.27. The predicted octanol–water partition coefficient (Wildman–Crippen LogP) is 3.03. The smallest absolute Gasteiger partial charge is 0.305 e. The van der Waals surface area contributed by atoms with Crippen molar-refractivity contribution < 1.29 is 14.3 Å². The zero-order valence-electron chi connectivity index (χ0n) is 11.7. The van der Waals surface area contributed by atoms with E-state index < -0.39 is 0 Å². The molecule has 0 heterocycles. The number of carbonyl (C=O) groups is 1. The Kier molecular flexibility index (Phi) is 5.86. The number of hydrogen-bond acceptors (Lipinski definition) is 4. The molecule has 2 rings (SSSR count). The number of carbonyl (C=O) groups excluding carboxylic acids is 1. The molecule has 0 saturated heterocycles. The van der Waals surface area contributed by atoms with Gasteiger partial charge in [0.25, 0.3) is 0 Å². The lowest BCUT2D eigenvalue weighted by Crippen LogP contribution is -2.15. The minimum absolute atomic E-state index is 0.196. The third kappa shape index (κ3) is 5.13. The van der Waals surface area contributed by atoms with Crippen molar-refractivity contribution in [1.82, 2.24) is 5.32 Å². The van der Waals surface area contributed by atoms with Gasteiger partial charge in [0.2, 0.25) is 0 Å². The number of hydrogen-bond donors (Lipinski definition) is 1. The van der Waals surface area contributed by atoms with Gasteiger partial charge < -0.3 is 14.8 Å². The van der Waals surface area contributed by atoms with E-state index in [-0.39, 0.29) is 5.97 Å². The number of esters is 1. The van der Waals surface area contributed by atoms with Crippen molar-refractivity contribution in [3.05, 3.63) is 28.2 Å². The van der Waals surface area contributed by atoms with E-state index in [1.807, 2.05) is 18.2 Å². The van der Waals surface area contributed by atoms with Gasteiger partial charge in [-0.15, -0.1) is 0 Å². The first-order chi connectivity index (χ1) is 9.69. The Labute approximate surface area is 128 Å². The lowest BCUT2D eigenvalue weighted by molar-refractivity contribution is -0.140. The van der Waals surface area contributed by atoms with E-state index in [4.69, 9.17) is 4.74 Å². The molecule has 0 radical (unpaired) electrons. The quantitative estimate of drug-likeness (QED) is 0.583. The molecule has 0 bridgehead atoms. The predicted molar refractivity (Wildman–Crippen MR) is 80.7 cm³/mol. The molecule has 0 aliphatic heterocycles. The Morgan fingerprint density at radius 3 is 2.95 bits per heavy atom. The van der Waals surface area contributed by atoms with Gasteiger partial charge in [-0.25, -0.2) is 0 Å². The second-order valence-corrected chi connectivity index (χ2v) is 5.79. The average molecular weight is 342 g/mol. The van der Waals surface area contributed by atoms with Gasteiger partial charge in [0.15, 0.2) is 0 Å². The maximum Gasteiger partial charge on any atom is 0.305 e. The number of halogens is 1. The van der Waals surface area contributed by atoms with Gasteiger partial charge in [-0.1, -0.05) is 15.9 Å². The molecule has 0 aromatic heterocycles. The molecule has 20 heavy (non-hydrogen) atoms. The molecule has 0 atom stereocenters. The molecule has 4 nitrogen and oxygen atoms in total. The Balaban J connectivity index is 1.78. The SMILES string of the molecule is COC(=O)CCCOc1ccc(Br)c(CNC2CC2)c1. The maximum atomic E-state index is 11.0. The Hall–Kier alpha value is -1.07. The first kappa shape index (κ1) is 15.3. The van der Waals surface area contributed by atoms with Gasteiger partial charge in [-0.05, 0) is 43.0 Å². The molecule has 1 aliphatic carbocycles. The van der Waals surface area contributed by atoms with E-state index in [9.17, 15) is 4.79 Å². The number of ether oxygens (including phenoxy) is 2. The standard InChI is InChI=1S/C15H20BrNO3/c1-19-15(18)3-2-8-20-13-6-7-14(16)11(9-13)10-17-12-4-5-12/h6-7,9,12,17H,2-5,8,10H2,1H3. The minimum Gasteiger partial charge on any atom is -0.494 e. The van der Waals surface area contributed by atoms with Crippen LogP contribution in [0.15, 0.2) is 22.7 Å². The highest BCUT2D eigenvalue weighted by molar-refractivity contribution is 9.10. The molecular formula is C15H20BrNO3. The molecule has 0 unspecified atom stereocenters. The number of methoxy groups -OCH3 is 1. The van der Waals surface area contributed by atoms with Crippen molar-refractivity contribution in [3.63, 3.8) is 0 Å². The van der Waals surface area contributed by atoms with E-state index in [0.717, 1.165) is 16.8 Å². The van der Waals surface area contributed by atoms with Gasteiger partial charge in [-0.2, -0.15) is 0 Å². The van der Waals surface area contributed by atoms with E-state index >= 15 is 0 Å². The van der Waals surface area contributed by atoms with Crippen molar-refractivity contribution in [2.45, 2.75) is 38.3 Å². The van der Waals surface area contributed by atoms with Crippen LogP contribution in [0.3, 0.4) is 0 Å². The van der Waals surface area contributed by atoms with Crippen LogP contribution >= 0.6 is 15.9 Å². The molecule has 1 fully saturated rings. The van der Waals surface area contributed by atoms with Crippen LogP contribution in [0.2, 0.25) is 0 Å². The normalized spacial score (nSPS) is 14.1. The van der Waals surface area contributed by atoms with Crippen molar-refractivity contribution >= 4 is 21.9 Å². The van der Waals surface area contributed by atoms with Gasteiger partial charge in [0.1, 0.15) is 5.75 Å². The molecule has 1 aromatic rings. The van der Waals surface area contributed by atoms with Gasteiger partial charge >= 0.3 is 5.97 Å². The largest absolute Gasteiger partial charge is 0.494 e. The molecule has 1 aliphatic rings. The van der Waals surface area contributed by atoms with Crippen LogP contribution in [0.5, 0.6) is 5.75 Å². The lowest BCUT2D eigenvalue weighted by atomic mass is 10.2. The van der Waals surface area contributed by atoms with Crippen LogP contribution in [0, 0.1) is 0 Å². The van der Waals surface area contributed by atoms with E-state index in [2.05, 4.69) is 26.0 Å². The zero-order chi connectivity index (χ0) is 14.4. The Morgan fingerprint density at radius 1 is 1.45 bits per heavy atom. The zero-order valence-corrected chi connectivity index (χ0v) is 13.2. The van der Waals surface area contributed by atoms with E-state index in [0.29, 0.717) is 25.5 Å². The Bertz CT molecular complexity index is 460. The highest BCUT2D eigenvalue weighted by Crippen LogP contribution is 2.25. The fourth-order valence-electron chi connectivity index (χ4n) is 1.83. The summed E-state index contributed by atoms with van der Waals surface area (Å²) in [5.41, 5.74) is 1.20. The summed E-state index contributed by atoms with van der Waals surface area (Å²) in [5.74, 6) is 0.643. The van der Waals surface area contributed by atoms with Crippen LogP contribution in [-0.2, 0) is 16.1 Å². The van der Waals surface area contributed by atoms with Gasteiger partial charge in [0, 0.05) is 23.5 Å². The van der Waals surface area contributed by atoms with Crippen molar-refractivity contribution in [3.8, 4) is 5.75 Å². The summed E-state index contributed by atoms with van der Waals surface area (Å²) >= 11 is 3.55. The van der Waals surface area contributed by atoms with Crippen molar-refractivity contribution in [2.24, 2.45) is 0 Å². The summed E-state index contributed by atoms with van der Waals surface area (Å²) in [7, 11) is 1.40. The summed E-state index contributed by atoms with van der Waals surface area (Å²) in [5, 5.41) is 3.48. The molecule has 110 valence electrons. The Morgan fingerprint density at radius 2 is 2.25 bits per heavy atom. The molecule has 1 saturated carbocycles. The second kappa shape index (κ2) is 7.64. The van der Waals surface area contributed by atoms with Gasteiger partial charge in [0.05, 0.1) is 13.7 Å². The van der Waals surface area contributed by atoms with Gasteiger partial charge in [-0.3, -0.25) is 4.79 Å². The van der Waals surface area contributed by atoms with Crippen LogP contribution < -0.4 is 10.1 Å². The molecular weight excluding hydrogens is 322 g/mol. The summed E-state index contributed by atoms with van der Waals surface area (Å²) in [6, 6.07) is 6.66. The summed E-state index contributed by atoms with van der Waals surface area (Å²) < 4.78 is 11.3. The third-order valence-electron chi connectivity index (χ3n) is 3.20. The maximum absolute atomic E-state index is 11.0. The topological polar surface area (TPSA) is 47.6 Å². The first-order valence-electron chi connectivity index (χ1n) is 6.90. The number of benzene rings is 1. The van der Waals surface area contributed by atoms with Crippen LogP contribution in [0.25, 0.3) is 0 Å². The molecule has 0 amide bonds. The van der Waals surface area contributed by atoms with Crippen molar-refractivity contribution in [1.29, 1.82) is 0 Å². The molecule has 1 N–H and O–H groups in total. The van der Waals surface area contributed by atoms with Crippen molar-refractivity contribution in [2.75, 3.05) is 13.7 Å². The molecule has 5 heteroatoms. The highest BCUT2D eigenvalue weighted by Gasteiger charge is 2.20. The number of rotatable bonds is 8. The third-order valence-corrected chi connectivity index (χ3v) is 3.97. The lowest BCUT2D eigenvalue weighted by Gasteiger charge is -2.10. The first-order valence-corrected chi connectivity index (χ1v) is 7.70. The fourth-order valence-corrected chi connectivity index (χ4v) is 2.21. The monoisotopic (exact) mass is 341 g/mol. The van der Waals surface area contributed by atoms with Crippen LogP contribution in [0.1, 0.15) is 31.2 Å². The van der Waals surface area contributed by atoms with Crippen LogP contribution in [0.4, 0.5) is 0 Å². The summed E-state index contributed by atoms with van der Waals surface area (Å²) in [6.45, 7) is 1.37. The summed E-state index contributed by atoms with van der Waals surface area (Å²) in [4.78, 5) is 11.0. The van der Waals surface area contributed by atoms with E-state index in [1.165, 1.54) is 25.5 Å². The second-order valence-electron chi connectivity index (χ2n) is 4.94. The van der Waals surface area contributed by atoms with E-state index in [1.54, 1.807) is 0 Å².